The molecule has 0 aliphatic carbocycles. The molecule has 0 fully saturated rings. The number of carbonyl (C=O) groups is 1. The Balaban J connectivity index is 2.05. The van der Waals surface area contributed by atoms with Crippen molar-refractivity contribution in [2.45, 2.75) is 20.1 Å². The van der Waals surface area contributed by atoms with Crippen LogP contribution in [0.15, 0.2) is 29.6 Å². The van der Waals surface area contributed by atoms with E-state index in [4.69, 9.17) is 0 Å². The van der Waals surface area contributed by atoms with Crippen LogP contribution >= 0.6 is 11.3 Å². The van der Waals surface area contributed by atoms with Gasteiger partial charge in [0.25, 0.3) is 5.91 Å². The standard InChI is InChI=1S/C13H12F2N2O2S/c1-8-7-20-11(17-8)6-16-12(18)9-4-2-3-5-10(9)19-13(14)15/h2-5,7,13H,6H2,1H3,(H,16,18). The summed E-state index contributed by atoms with van der Waals surface area (Å²) in [4.78, 5) is 16.2. The van der Waals surface area contributed by atoms with E-state index in [1.165, 1.54) is 29.5 Å². The Hall–Kier alpha value is -2.02. The zero-order valence-electron chi connectivity index (χ0n) is 10.6. The van der Waals surface area contributed by atoms with Crippen LogP contribution in [0.3, 0.4) is 0 Å². The second kappa shape index (κ2) is 6.42. The number of aromatic nitrogens is 1. The average molecular weight is 298 g/mol. The van der Waals surface area contributed by atoms with Crippen molar-refractivity contribution in [2.24, 2.45) is 0 Å². The third kappa shape index (κ3) is 3.74. The number of nitrogens with one attached hydrogen (secondary N) is 1. The number of alkyl halides is 2. The summed E-state index contributed by atoms with van der Waals surface area (Å²) in [6.07, 6.45) is 0. The second-order valence-corrected chi connectivity index (χ2v) is 4.88. The summed E-state index contributed by atoms with van der Waals surface area (Å²) < 4.78 is 28.8. The van der Waals surface area contributed by atoms with Crippen LogP contribution in [0.2, 0.25) is 0 Å². The lowest BCUT2D eigenvalue weighted by Crippen LogP contribution is -2.23. The van der Waals surface area contributed by atoms with E-state index in [9.17, 15) is 13.6 Å². The van der Waals surface area contributed by atoms with Gasteiger partial charge in [0.15, 0.2) is 0 Å². The lowest BCUT2D eigenvalue weighted by atomic mass is 10.2. The van der Waals surface area contributed by atoms with E-state index in [-0.39, 0.29) is 17.9 Å². The number of hydrogen-bond donors (Lipinski definition) is 1. The lowest BCUT2D eigenvalue weighted by molar-refractivity contribution is -0.0501. The number of carbonyl (C=O) groups excluding carboxylic acids is 1. The SMILES string of the molecule is Cc1csc(CNC(=O)c2ccccc2OC(F)F)n1. The molecule has 7 heteroatoms. The van der Waals surface area contributed by atoms with Crippen LogP contribution in [0.25, 0.3) is 0 Å². The van der Waals surface area contributed by atoms with E-state index >= 15 is 0 Å². The first-order valence-electron chi connectivity index (χ1n) is 5.79. The maximum absolute atomic E-state index is 12.3. The van der Waals surface area contributed by atoms with Gasteiger partial charge in [-0.1, -0.05) is 12.1 Å². The summed E-state index contributed by atoms with van der Waals surface area (Å²) in [5.74, 6) is -0.621. The average Bonchev–Trinajstić information content (AvgIpc) is 2.82. The molecule has 0 aliphatic rings. The largest absolute Gasteiger partial charge is 0.434 e. The highest BCUT2D eigenvalue weighted by molar-refractivity contribution is 7.09. The van der Waals surface area contributed by atoms with Gasteiger partial charge in [-0.25, -0.2) is 4.98 Å². The Kier molecular flexibility index (Phi) is 4.62. The minimum Gasteiger partial charge on any atom is -0.434 e. The van der Waals surface area contributed by atoms with Crippen molar-refractivity contribution < 1.29 is 18.3 Å². The third-order valence-corrected chi connectivity index (χ3v) is 3.38. The molecule has 0 saturated heterocycles. The fourth-order valence-electron chi connectivity index (χ4n) is 1.59. The van der Waals surface area contributed by atoms with Gasteiger partial charge in [0.1, 0.15) is 10.8 Å². The first kappa shape index (κ1) is 14.4. The Labute approximate surface area is 118 Å². The van der Waals surface area contributed by atoms with Crippen molar-refractivity contribution >= 4 is 17.2 Å². The first-order chi connectivity index (χ1) is 9.56. The monoisotopic (exact) mass is 298 g/mol. The summed E-state index contributed by atoms with van der Waals surface area (Å²) in [5.41, 5.74) is 0.946. The van der Waals surface area contributed by atoms with E-state index in [0.717, 1.165) is 10.7 Å². The number of para-hydroxylation sites is 1. The summed E-state index contributed by atoms with van der Waals surface area (Å²) >= 11 is 1.42. The topological polar surface area (TPSA) is 51.2 Å². The van der Waals surface area contributed by atoms with E-state index < -0.39 is 12.5 Å². The molecule has 1 heterocycles. The number of nitrogens with zero attached hydrogens (tertiary/aromatic N) is 1. The number of thiazole rings is 1. The molecule has 20 heavy (non-hydrogen) atoms. The highest BCUT2D eigenvalue weighted by atomic mass is 32.1. The molecular formula is C13H12F2N2O2S. The minimum absolute atomic E-state index is 0.0704. The van der Waals surface area contributed by atoms with Crippen molar-refractivity contribution in [1.29, 1.82) is 0 Å². The van der Waals surface area contributed by atoms with Crippen molar-refractivity contribution in [3.63, 3.8) is 0 Å². The molecule has 2 rings (SSSR count). The predicted octanol–water partition coefficient (Wildman–Crippen LogP) is 2.98. The van der Waals surface area contributed by atoms with Crippen molar-refractivity contribution in [3.8, 4) is 5.75 Å². The molecule has 4 nitrogen and oxygen atoms in total. The number of benzene rings is 1. The van der Waals surface area contributed by atoms with Gasteiger partial charge >= 0.3 is 6.61 Å². The summed E-state index contributed by atoms with van der Waals surface area (Å²) in [7, 11) is 0. The van der Waals surface area contributed by atoms with E-state index in [2.05, 4.69) is 15.0 Å². The van der Waals surface area contributed by atoms with Crippen LogP contribution in [0.4, 0.5) is 8.78 Å². The van der Waals surface area contributed by atoms with Gasteiger partial charge in [-0.15, -0.1) is 11.3 Å². The normalized spacial score (nSPS) is 10.6. The molecule has 0 aliphatic heterocycles. The van der Waals surface area contributed by atoms with Crippen LogP contribution < -0.4 is 10.1 Å². The van der Waals surface area contributed by atoms with Gasteiger partial charge in [0.2, 0.25) is 0 Å². The quantitative estimate of drug-likeness (QED) is 0.923. The van der Waals surface area contributed by atoms with Crippen LogP contribution in [0.1, 0.15) is 21.1 Å². The molecule has 0 saturated carbocycles. The first-order valence-corrected chi connectivity index (χ1v) is 6.67. The Morgan fingerprint density at radius 1 is 1.45 bits per heavy atom. The number of amides is 1. The Bertz CT molecular complexity index is 602. The van der Waals surface area contributed by atoms with Crippen LogP contribution in [-0.4, -0.2) is 17.5 Å². The fraction of sp³-hybridized carbons (Fsp3) is 0.231. The van der Waals surface area contributed by atoms with Gasteiger partial charge in [-0.2, -0.15) is 8.78 Å². The molecule has 1 amide bonds. The van der Waals surface area contributed by atoms with Gasteiger partial charge in [0.05, 0.1) is 12.1 Å². The van der Waals surface area contributed by atoms with Crippen molar-refractivity contribution in [2.75, 3.05) is 0 Å². The molecule has 106 valence electrons. The molecular weight excluding hydrogens is 286 g/mol. The minimum atomic E-state index is -2.97. The second-order valence-electron chi connectivity index (χ2n) is 3.94. The zero-order valence-corrected chi connectivity index (χ0v) is 11.4. The Morgan fingerprint density at radius 2 is 2.20 bits per heavy atom. The molecule has 1 aromatic heterocycles. The highest BCUT2D eigenvalue weighted by Crippen LogP contribution is 2.20. The maximum Gasteiger partial charge on any atom is 0.387 e. The molecule has 2 aromatic rings. The molecule has 1 N–H and O–H groups in total. The lowest BCUT2D eigenvalue weighted by Gasteiger charge is -2.10. The van der Waals surface area contributed by atoms with Crippen molar-refractivity contribution in [3.05, 3.63) is 45.9 Å². The molecule has 1 aromatic carbocycles. The molecule has 0 atom stereocenters. The highest BCUT2D eigenvalue weighted by Gasteiger charge is 2.15. The molecule has 0 unspecified atom stereocenters. The molecule has 0 radical (unpaired) electrons. The number of aryl methyl sites for hydroxylation is 1. The summed E-state index contributed by atoms with van der Waals surface area (Å²) in [5, 5.41) is 5.25. The van der Waals surface area contributed by atoms with E-state index in [1.807, 2.05) is 12.3 Å². The molecule has 0 bridgehead atoms. The maximum atomic E-state index is 12.3. The third-order valence-electron chi connectivity index (χ3n) is 2.41. The van der Waals surface area contributed by atoms with Gasteiger partial charge < -0.3 is 10.1 Å². The number of hydrogen-bond acceptors (Lipinski definition) is 4. The summed E-state index contributed by atoms with van der Waals surface area (Å²) in [6.45, 7) is -0.862. The zero-order chi connectivity index (χ0) is 14.5. The van der Waals surface area contributed by atoms with Crippen LogP contribution in [-0.2, 0) is 6.54 Å². The Morgan fingerprint density at radius 3 is 2.85 bits per heavy atom. The van der Waals surface area contributed by atoms with Crippen LogP contribution in [0.5, 0.6) is 5.75 Å². The summed E-state index contributed by atoms with van der Waals surface area (Å²) in [6, 6.07) is 5.87. The number of halogens is 2. The smallest absolute Gasteiger partial charge is 0.387 e. The van der Waals surface area contributed by atoms with Gasteiger partial charge in [0, 0.05) is 11.1 Å². The number of ether oxygens (including phenoxy) is 1. The van der Waals surface area contributed by atoms with Crippen molar-refractivity contribution in [1.82, 2.24) is 10.3 Å². The van der Waals surface area contributed by atoms with Crippen LogP contribution in [0, 0.1) is 6.92 Å². The van der Waals surface area contributed by atoms with E-state index in [0.29, 0.717) is 0 Å². The van der Waals surface area contributed by atoms with Gasteiger partial charge in [-0.3, -0.25) is 4.79 Å². The van der Waals surface area contributed by atoms with E-state index in [1.54, 1.807) is 6.07 Å². The predicted molar refractivity (Wildman–Crippen MR) is 71.1 cm³/mol. The molecule has 0 spiro atoms. The van der Waals surface area contributed by atoms with Gasteiger partial charge in [-0.05, 0) is 19.1 Å². The number of rotatable bonds is 5. The fourth-order valence-corrected chi connectivity index (χ4v) is 2.30.